The Balaban J connectivity index is 1.35. The first-order valence-corrected chi connectivity index (χ1v) is 12.9. The lowest BCUT2D eigenvalue weighted by Crippen LogP contribution is -2.12. The minimum absolute atomic E-state index is 0.332. The number of aryl methyl sites for hydroxylation is 1. The molecule has 1 amide bonds. The molecule has 0 unspecified atom stereocenters. The first-order valence-electron chi connectivity index (χ1n) is 10.9. The van der Waals surface area contributed by atoms with E-state index >= 15 is 0 Å². The minimum atomic E-state index is -0.332. The van der Waals surface area contributed by atoms with Gasteiger partial charge >= 0.3 is 0 Å². The summed E-state index contributed by atoms with van der Waals surface area (Å²) in [6, 6.07) is 21.7. The fourth-order valence-electron chi connectivity index (χ4n) is 4.45. The highest BCUT2D eigenvalue weighted by atomic mass is 35.5. The molecule has 0 aliphatic heterocycles. The number of benzene rings is 2. The van der Waals surface area contributed by atoms with Crippen molar-refractivity contribution in [1.82, 2.24) is 4.98 Å². The third kappa shape index (κ3) is 3.67. The Morgan fingerprint density at radius 1 is 1.06 bits per heavy atom. The van der Waals surface area contributed by atoms with Gasteiger partial charge in [0.2, 0.25) is 0 Å². The molecule has 6 rings (SSSR count). The molecule has 5 aromatic rings. The Kier molecular flexibility index (Phi) is 5.30. The summed E-state index contributed by atoms with van der Waals surface area (Å²) in [5, 5.41) is 14.8. The number of carbonyl (C=O) groups excluding carboxylic acids is 1. The van der Waals surface area contributed by atoms with Crippen molar-refractivity contribution in [2.75, 3.05) is 11.1 Å². The van der Waals surface area contributed by atoms with Crippen molar-refractivity contribution in [3.05, 3.63) is 87.3 Å². The Labute approximate surface area is 214 Å². The van der Waals surface area contributed by atoms with E-state index in [-0.39, 0.29) is 5.91 Å². The highest BCUT2D eigenvalue weighted by molar-refractivity contribution is 7.22. The largest absolute Gasteiger partial charge is 0.397 e. The summed E-state index contributed by atoms with van der Waals surface area (Å²) in [7, 11) is 0. The molecule has 3 aromatic heterocycles. The van der Waals surface area contributed by atoms with Crippen molar-refractivity contribution in [1.29, 1.82) is 5.26 Å². The van der Waals surface area contributed by atoms with E-state index in [4.69, 9.17) is 22.3 Å². The molecule has 0 saturated heterocycles. The van der Waals surface area contributed by atoms with Crippen LogP contribution in [0.1, 0.15) is 26.4 Å². The number of nitrogens with one attached hydrogen (secondary N) is 1. The van der Waals surface area contributed by atoms with Crippen LogP contribution in [0.4, 0.5) is 10.7 Å². The zero-order chi connectivity index (χ0) is 24.1. The Morgan fingerprint density at radius 3 is 2.66 bits per heavy atom. The van der Waals surface area contributed by atoms with Crippen molar-refractivity contribution in [2.24, 2.45) is 0 Å². The maximum atomic E-state index is 13.3. The smallest absolute Gasteiger partial charge is 0.268 e. The molecule has 5 nitrogen and oxygen atoms in total. The van der Waals surface area contributed by atoms with Crippen molar-refractivity contribution < 1.29 is 4.79 Å². The first kappa shape index (κ1) is 21.8. The molecule has 3 heterocycles. The van der Waals surface area contributed by atoms with Gasteiger partial charge in [-0.3, -0.25) is 4.79 Å². The lowest BCUT2D eigenvalue weighted by atomic mass is 9.90. The van der Waals surface area contributed by atoms with Crippen LogP contribution in [0, 0.1) is 11.3 Å². The topological polar surface area (TPSA) is 91.8 Å². The maximum absolute atomic E-state index is 13.3. The summed E-state index contributed by atoms with van der Waals surface area (Å²) < 4.78 is 0. The zero-order valence-electron chi connectivity index (χ0n) is 18.3. The van der Waals surface area contributed by atoms with Crippen molar-refractivity contribution in [2.45, 2.75) is 12.8 Å². The predicted molar refractivity (Wildman–Crippen MR) is 144 cm³/mol. The highest BCUT2D eigenvalue weighted by Crippen LogP contribution is 2.45. The van der Waals surface area contributed by atoms with Crippen LogP contribution in [0.25, 0.3) is 31.9 Å². The maximum Gasteiger partial charge on any atom is 0.268 e. The van der Waals surface area contributed by atoms with Crippen LogP contribution in [-0.2, 0) is 12.8 Å². The number of fused-ring (bicyclic) bond motifs is 4. The van der Waals surface area contributed by atoms with Gasteiger partial charge in [-0.15, -0.1) is 22.7 Å². The normalized spacial score (nSPS) is 12.1. The number of nitrogens with two attached hydrogens (primary N) is 1. The van der Waals surface area contributed by atoms with E-state index in [1.807, 2.05) is 48.5 Å². The van der Waals surface area contributed by atoms with Crippen molar-refractivity contribution >= 4 is 61.1 Å². The predicted octanol–water partition coefficient (Wildman–Crippen LogP) is 7.15. The van der Waals surface area contributed by atoms with Crippen LogP contribution < -0.4 is 11.1 Å². The molecule has 0 spiro atoms. The molecular weight excluding hydrogens is 496 g/mol. The van der Waals surface area contributed by atoms with Gasteiger partial charge in [-0.2, -0.15) is 5.26 Å². The van der Waals surface area contributed by atoms with Crippen LogP contribution in [0.2, 0.25) is 5.02 Å². The summed E-state index contributed by atoms with van der Waals surface area (Å²) >= 11 is 8.70. The SMILES string of the molecule is N#Cc1c(NC(=O)c2sc3nc(-c4ccc(Cl)cc4)ccc3c2N)sc2c1CCc1ccccc1-2. The number of nitriles is 1. The molecule has 35 heavy (non-hydrogen) atoms. The standard InChI is InChI=1S/C27H17ClN4OS2/c28-16-8-5-15(6-9-16)21-12-11-19-22(30)24(35-26(19)31-21)25(33)32-27-20(13-29)18-10-7-14-3-1-2-4-17(14)23(18)34-27/h1-6,8-9,11-12H,7,10,30H2,(H,32,33). The highest BCUT2D eigenvalue weighted by Gasteiger charge is 2.26. The lowest BCUT2D eigenvalue weighted by Gasteiger charge is -2.15. The van der Waals surface area contributed by atoms with Gasteiger partial charge in [-0.05, 0) is 53.8 Å². The molecule has 3 N–H and O–H groups in total. The Bertz CT molecular complexity index is 1680. The number of nitrogen functional groups attached to an aromatic ring is 1. The molecule has 2 aromatic carbocycles. The summed E-state index contributed by atoms with van der Waals surface area (Å²) in [5.74, 6) is -0.332. The summed E-state index contributed by atoms with van der Waals surface area (Å²) in [5.41, 5.74) is 12.4. The number of nitrogens with zero attached hydrogens (tertiary/aromatic N) is 2. The molecule has 1 aliphatic carbocycles. The van der Waals surface area contributed by atoms with Crippen LogP contribution in [0.5, 0.6) is 0 Å². The fraction of sp³-hybridized carbons (Fsp3) is 0.0741. The molecule has 170 valence electrons. The second-order valence-electron chi connectivity index (χ2n) is 8.24. The van der Waals surface area contributed by atoms with E-state index in [0.717, 1.165) is 45.5 Å². The third-order valence-corrected chi connectivity index (χ3v) is 8.74. The lowest BCUT2D eigenvalue weighted by molar-refractivity contribution is 0.103. The average molecular weight is 513 g/mol. The number of halogens is 1. The second-order valence-corrected chi connectivity index (χ2v) is 10.7. The molecule has 1 aliphatic rings. The molecule has 8 heteroatoms. The molecule has 0 saturated carbocycles. The molecule has 0 bridgehead atoms. The number of rotatable bonds is 3. The van der Waals surface area contributed by atoms with Gasteiger partial charge in [-0.25, -0.2) is 4.98 Å². The van der Waals surface area contributed by atoms with Gasteiger partial charge in [0.15, 0.2) is 0 Å². The van der Waals surface area contributed by atoms with Crippen molar-refractivity contribution in [3.63, 3.8) is 0 Å². The van der Waals surface area contributed by atoms with Gasteiger partial charge in [0.05, 0.1) is 16.9 Å². The molecular formula is C27H17ClN4OS2. The van der Waals surface area contributed by atoms with E-state index in [0.29, 0.717) is 31.0 Å². The number of aromatic nitrogens is 1. The van der Waals surface area contributed by atoms with Gasteiger partial charge in [0.25, 0.3) is 5.91 Å². The van der Waals surface area contributed by atoms with E-state index in [2.05, 4.69) is 23.5 Å². The van der Waals surface area contributed by atoms with Crippen LogP contribution >= 0.6 is 34.3 Å². The number of pyridine rings is 1. The van der Waals surface area contributed by atoms with E-state index in [9.17, 15) is 10.1 Å². The van der Waals surface area contributed by atoms with Gasteiger partial charge in [-0.1, -0.05) is 48.0 Å². The van der Waals surface area contributed by atoms with E-state index < -0.39 is 0 Å². The number of carbonyl (C=O) groups is 1. The Hall–Kier alpha value is -3.70. The average Bonchev–Trinajstić information content (AvgIpc) is 3.41. The second kappa shape index (κ2) is 8.51. The Morgan fingerprint density at radius 2 is 1.86 bits per heavy atom. The summed E-state index contributed by atoms with van der Waals surface area (Å²) in [4.78, 5) is 20.1. The molecule has 0 fully saturated rings. The van der Waals surface area contributed by atoms with Crippen molar-refractivity contribution in [3.8, 4) is 27.8 Å². The molecule has 0 atom stereocenters. The minimum Gasteiger partial charge on any atom is -0.397 e. The third-order valence-electron chi connectivity index (χ3n) is 6.19. The van der Waals surface area contributed by atoms with Crippen LogP contribution in [-0.4, -0.2) is 10.9 Å². The number of hydrogen-bond acceptors (Lipinski definition) is 6. The van der Waals surface area contributed by atoms with Crippen LogP contribution in [0.3, 0.4) is 0 Å². The van der Waals surface area contributed by atoms with Gasteiger partial charge in [0.1, 0.15) is 20.8 Å². The number of anilines is 2. The number of amides is 1. The molecule has 0 radical (unpaired) electrons. The van der Waals surface area contributed by atoms with Gasteiger partial charge in [0, 0.05) is 20.8 Å². The van der Waals surface area contributed by atoms with E-state index in [1.54, 1.807) is 0 Å². The van der Waals surface area contributed by atoms with Gasteiger partial charge < -0.3 is 11.1 Å². The summed E-state index contributed by atoms with van der Waals surface area (Å²) in [6.45, 7) is 0. The van der Waals surface area contributed by atoms with Crippen LogP contribution in [0.15, 0.2) is 60.7 Å². The monoisotopic (exact) mass is 512 g/mol. The number of thiophene rings is 2. The quantitative estimate of drug-likeness (QED) is 0.268. The zero-order valence-corrected chi connectivity index (χ0v) is 20.7. The fourth-order valence-corrected chi connectivity index (χ4v) is 6.82. The number of hydrogen-bond donors (Lipinski definition) is 2. The summed E-state index contributed by atoms with van der Waals surface area (Å²) in [6.07, 6.45) is 1.66. The van der Waals surface area contributed by atoms with E-state index in [1.165, 1.54) is 28.2 Å². The first-order chi connectivity index (χ1) is 17.0.